The third-order valence-corrected chi connectivity index (χ3v) is 4.55. The van der Waals surface area contributed by atoms with Crippen molar-refractivity contribution in [3.63, 3.8) is 0 Å². The number of para-hydroxylation sites is 1. The highest BCUT2D eigenvalue weighted by molar-refractivity contribution is 5.87. The number of nitrogens with one attached hydrogen (secondary N) is 1. The molecule has 1 unspecified atom stereocenters. The first-order valence-corrected chi connectivity index (χ1v) is 9.89. The SMILES string of the molecule is COc1ccc(CN(C(=O)COc2ccccc2F)C(C)C(=O)NCC(C)C)cc1. The van der Waals surface area contributed by atoms with Crippen molar-refractivity contribution in [3.05, 3.63) is 59.9 Å². The van der Waals surface area contributed by atoms with Crippen LogP contribution in [0.1, 0.15) is 26.3 Å². The Kier molecular flexibility index (Phi) is 8.65. The Morgan fingerprint density at radius 1 is 1.07 bits per heavy atom. The van der Waals surface area contributed by atoms with Gasteiger partial charge in [-0.25, -0.2) is 4.39 Å². The predicted octanol–water partition coefficient (Wildman–Crippen LogP) is 3.40. The van der Waals surface area contributed by atoms with Crippen LogP contribution < -0.4 is 14.8 Å². The first-order valence-electron chi connectivity index (χ1n) is 9.89. The molecule has 30 heavy (non-hydrogen) atoms. The van der Waals surface area contributed by atoms with E-state index in [0.717, 1.165) is 5.56 Å². The number of rotatable bonds is 10. The second-order valence-corrected chi connectivity index (χ2v) is 7.40. The van der Waals surface area contributed by atoms with E-state index in [4.69, 9.17) is 9.47 Å². The molecule has 2 amide bonds. The summed E-state index contributed by atoms with van der Waals surface area (Å²) in [4.78, 5) is 26.9. The van der Waals surface area contributed by atoms with E-state index in [1.54, 1.807) is 38.3 Å². The highest BCUT2D eigenvalue weighted by atomic mass is 19.1. The van der Waals surface area contributed by atoms with Crippen molar-refractivity contribution in [1.82, 2.24) is 10.2 Å². The number of hydrogen-bond acceptors (Lipinski definition) is 4. The Bertz CT molecular complexity index is 839. The van der Waals surface area contributed by atoms with Crippen molar-refractivity contribution in [1.29, 1.82) is 0 Å². The average Bonchev–Trinajstić information content (AvgIpc) is 2.74. The van der Waals surface area contributed by atoms with Crippen LogP contribution in [0.3, 0.4) is 0 Å². The van der Waals surface area contributed by atoms with Crippen LogP contribution in [0.2, 0.25) is 0 Å². The van der Waals surface area contributed by atoms with Gasteiger partial charge in [-0.2, -0.15) is 0 Å². The van der Waals surface area contributed by atoms with E-state index in [1.165, 1.54) is 17.0 Å². The minimum atomic E-state index is -0.720. The van der Waals surface area contributed by atoms with E-state index in [2.05, 4.69) is 5.32 Å². The highest BCUT2D eigenvalue weighted by Gasteiger charge is 2.26. The van der Waals surface area contributed by atoms with E-state index in [-0.39, 0.29) is 30.7 Å². The van der Waals surface area contributed by atoms with Crippen molar-refractivity contribution in [2.24, 2.45) is 5.92 Å². The summed E-state index contributed by atoms with van der Waals surface area (Å²) in [7, 11) is 1.58. The van der Waals surface area contributed by atoms with Crippen LogP contribution in [0.15, 0.2) is 48.5 Å². The molecule has 162 valence electrons. The zero-order chi connectivity index (χ0) is 22.1. The van der Waals surface area contributed by atoms with Gasteiger partial charge < -0.3 is 19.7 Å². The topological polar surface area (TPSA) is 67.9 Å². The molecule has 0 aliphatic rings. The van der Waals surface area contributed by atoms with Gasteiger partial charge in [0.1, 0.15) is 11.8 Å². The molecule has 0 fully saturated rings. The number of amides is 2. The molecule has 1 atom stereocenters. The summed E-state index contributed by atoms with van der Waals surface area (Å²) in [5.74, 6) is -0.238. The van der Waals surface area contributed by atoms with Gasteiger partial charge in [0, 0.05) is 13.1 Å². The van der Waals surface area contributed by atoms with Gasteiger partial charge in [-0.15, -0.1) is 0 Å². The number of methoxy groups -OCH3 is 1. The van der Waals surface area contributed by atoms with Crippen LogP contribution >= 0.6 is 0 Å². The normalized spacial score (nSPS) is 11.7. The van der Waals surface area contributed by atoms with Crippen molar-refractivity contribution in [3.8, 4) is 11.5 Å². The standard InChI is InChI=1S/C23H29FN2O4/c1-16(2)13-25-23(28)17(3)26(14-18-9-11-19(29-4)12-10-18)22(27)15-30-21-8-6-5-7-20(21)24/h5-12,16-17H,13-15H2,1-4H3,(H,25,28). The van der Waals surface area contributed by atoms with E-state index in [0.29, 0.717) is 12.3 Å². The first-order chi connectivity index (χ1) is 14.3. The monoisotopic (exact) mass is 416 g/mol. The van der Waals surface area contributed by atoms with Crippen LogP contribution in [0, 0.1) is 11.7 Å². The minimum absolute atomic E-state index is 0.00726. The Balaban J connectivity index is 2.14. The molecule has 2 rings (SSSR count). The number of carbonyl (C=O) groups excluding carboxylic acids is 2. The molecule has 0 aliphatic heterocycles. The third-order valence-electron chi connectivity index (χ3n) is 4.55. The van der Waals surface area contributed by atoms with E-state index >= 15 is 0 Å². The molecule has 0 spiro atoms. The molecule has 2 aromatic carbocycles. The Hall–Kier alpha value is -3.09. The van der Waals surface area contributed by atoms with Crippen LogP contribution in [-0.4, -0.2) is 43.0 Å². The van der Waals surface area contributed by atoms with Crippen LogP contribution in [0.4, 0.5) is 4.39 Å². The number of hydrogen-bond donors (Lipinski definition) is 1. The first kappa shape index (κ1) is 23.2. The lowest BCUT2D eigenvalue weighted by Crippen LogP contribution is -2.49. The van der Waals surface area contributed by atoms with Gasteiger partial charge in [-0.05, 0) is 42.7 Å². The van der Waals surface area contributed by atoms with E-state index < -0.39 is 17.8 Å². The maximum Gasteiger partial charge on any atom is 0.261 e. The Morgan fingerprint density at radius 2 is 1.73 bits per heavy atom. The molecule has 7 heteroatoms. The minimum Gasteiger partial charge on any atom is -0.497 e. The summed E-state index contributed by atoms with van der Waals surface area (Å²) in [6.07, 6.45) is 0. The van der Waals surface area contributed by atoms with Crippen LogP contribution in [-0.2, 0) is 16.1 Å². The summed E-state index contributed by atoms with van der Waals surface area (Å²) in [5, 5.41) is 2.85. The van der Waals surface area contributed by atoms with Gasteiger partial charge in [-0.3, -0.25) is 9.59 Å². The Morgan fingerprint density at radius 3 is 2.33 bits per heavy atom. The summed E-state index contributed by atoms with van der Waals surface area (Å²) in [5.41, 5.74) is 0.832. The van der Waals surface area contributed by atoms with Gasteiger partial charge in [0.15, 0.2) is 18.2 Å². The zero-order valence-electron chi connectivity index (χ0n) is 17.9. The summed E-state index contributed by atoms with van der Waals surface area (Å²) in [6.45, 7) is 6.00. The van der Waals surface area contributed by atoms with Gasteiger partial charge >= 0.3 is 0 Å². The summed E-state index contributed by atoms with van der Waals surface area (Å²) < 4.78 is 24.3. The molecule has 1 N–H and O–H groups in total. The van der Waals surface area contributed by atoms with Gasteiger partial charge in [-0.1, -0.05) is 38.1 Å². The largest absolute Gasteiger partial charge is 0.497 e. The van der Waals surface area contributed by atoms with Gasteiger partial charge in [0.05, 0.1) is 7.11 Å². The molecular weight excluding hydrogens is 387 g/mol. The average molecular weight is 416 g/mol. The molecule has 0 saturated carbocycles. The number of halogens is 1. The Labute approximate surface area is 177 Å². The zero-order valence-corrected chi connectivity index (χ0v) is 17.9. The molecule has 0 heterocycles. The lowest BCUT2D eigenvalue weighted by Gasteiger charge is -2.29. The quantitative estimate of drug-likeness (QED) is 0.645. The number of nitrogens with zero attached hydrogens (tertiary/aromatic N) is 1. The van der Waals surface area contributed by atoms with Crippen LogP contribution in [0.25, 0.3) is 0 Å². The molecule has 6 nitrogen and oxygen atoms in total. The van der Waals surface area contributed by atoms with E-state index in [1.807, 2.05) is 26.0 Å². The van der Waals surface area contributed by atoms with Crippen molar-refractivity contribution < 1.29 is 23.5 Å². The molecule has 0 aromatic heterocycles. The van der Waals surface area contributed by atoms with E-state index in [9.17, 15) is 14.0 Å². The fourth-order valence-corrected chi connectivity index (χ4v) is 2.75. The molecule has 2 aromatic rings. The molecule has 0 radical (unpaired) electrons. The number of carbonyl (C=O) groups is 2. The van der Waals surface area contributed by atoms with Crippen LogP contribution in [0.5, 0.6) is 11.5 Å². The fraction of sp³-hybridized carbons (Fsp3) is 0.391. The third kappa shape index (κ3) is 6.76. The molecular formula is C23H29FN2O4. The molecule has 0 saturated heterocycles. The smallest absolute Gasteiger partial charge is 0.261 e. The van der Waals surface area contributed by atoms with Gasteiger partial charge in [0.2, 0.25) is 5.91 Å². The molecule has 0 aliphatic carbocycles. The maximum absolute atomic E-state index is 13.8. The van der Waals surface area contributed by atoms with Crippen molar-refractivity contribution >= 4 is 11.8 Å². The highest BCUT2D eigenvalue weighted by Crippen LogP contribution is 2.17. The number of benzene rings is 2. The van der Waals surface area contributed by atoms with Crippen molar-refractivity contribution in [2.45, 2.75) is 33.4 Å². The summed E-state index contributed by atoms with van der Waals surface area (Å²) >= 11 is 0. The molecule has 0 bridgehead atoms. The maximum atomic E-state index is 13.8. The van der Waals surface area contributed by atoms with Gasteiger partial charge in [0.25, 0.3) is 5.91 Å². The van der Waals surface area contributed by atoms with Crippen molar-refractivity contribution in [2.75, 3.05) is 20.3 Å². The lowest BCUT2D eigenvalue weighted by molar-refractivity contribution is -0.142. The second-order valence-electron chi connectivity index (χ2n) is 7.40. The predicted molar refractivity (Wildman–Crippen MR) is 113 cm³/mol. The second kappa shape index (κ2) is 11.2. The fourth-order valence-electron chi connectivity index (χ4n) is 2.75. The number of ether oxygens (including phenoxy) is 2. The lowest BCUT2D eigenvalue weighted by atomic mass is 10.1. The summed E-state index contributed by atoms with van der Waals surface area (Å²) in [6, 6.07) is 12.4.